The molecule has 1 aromatic heterocycles. The van der Waals surface area contributed by atoms with Gasteiger partial charge in [-0.25, -0.2) is 0 Å². The highest BCUT2D eigenvalue weighted by Crippen LogP contribution is 2.32. The molecule has 0 aliphatic carbocycles. The molecular formula is C18H16BrN3O6S2. The number of halogens is 1. The minimum absolute atomic E-state index is 0.0710. The number of aryl methyl sites for hydroxylation is 2. The molecule has 2 N–H and O–H groups in total. The molecule has 3 aromatic rings. The minimum atomic E-state index is -4.28. The molecule has 0 aliphatic heterocycles. The number of anilines is 1. The molecule has 158 valence electrons. The van der Waals surface area contributed by atoms with Crippen LogP contribution >= 0.6 is 15.9 Å². The van der Waals surface area contributed by atoms with Crippen LogP contribution in [0.25, 0.3) is 0 Å². The van der Waals surface area contributed by atoms with E-state index in [-0.39, 0.29) is 20.1 Å². The van der Waals surface area contributed by atoms with E-state index in [1.807, 2.05) is 0 Å². The van der Waals surface area contributed by atoms with Crippen LogP contribution in [0.3, 0.4) is 0 Å². The number of hydrogen-bond acceptors (Lipinski definition) is 9. The Morgan fingerprint density at radius 2 is 1.20 bits per heavy atom. The lowest BCUT2D eigenvalue weighted by Crippen LogP contribution is -2.15. The Balaban J connectivity index is 1.94. The molecule has 3 rings (SSSR count). The fraction of sp³-hybridized carbons (Fsp3) is 0.111. The van der Waals surface area contributed by atoms with E-state index in [9.17, 15) is 16.8 Å². The molecule has 0 bridgehead atoms. The zero-order valence-electron chi connectivity index (χ0n) is 15.7. The second-order valence-electron chi connectivity index (χ2n) is 6.21. The summed E-state index contributed by atoms with van der Waals surface area (Å²) in [5.74, 6) is -0.787. The number of rotatable bonds is 6. The topological polar surface area (TPSA) is 139 Å². The molecule has 0 saturated heterocycles. The average Bonchev–Trinajstić information content (AvgIpc) is 2.66. The standard InChI is InChI=1S/C18H16BrN3O6S2/c1-11-3-7-13(8-4-11)29(23,24)27-17-15(19)16(20)21-18(22-17)28-30(25,26)14-9-5-12(2)6-10-14/h3-10H,1-2H3,(H2,20,21,22). The van der Waals surface area contributed by atoms with E-state index in [1.165, 1.54) is 24.3 Å². The van der Waals surface area contributed by atoms with Gasteiger partial charge in [0.25, 0.3) is 5.88 Å². The highest BCUT2D eigenvalue weighted by atomic mass is 79.9. The average molecular weight is 514 g/mol. The van der Waals surface area contributed by atoms with E-state index in [2.05, 4.69) is 25.9 Å². The van der Waals surface area contributed by atoms with Gasteiger partial charge < -0.3 is 14.1 Å². The highest BCUT2D eigenvalue weighted by Gasteiger charge is 2.24. The first-order valence-corrected chi connectivity index (χ1v) is 11.9. The third-order valence-corrected chi connectivity index (χ3v) is 7.01. The van der Waals surface area contributed by atoms with Crippen LogP contribution < -0.4 is 14.1 Å². The van der Waals surface area contributed by atoms with Gasteiger partial charge in [-0.2, -0.15) is 26.8 Å². The lowest BCUT2D eigenvalue weighted by Gasteiger charge is -2.11. The normalized spacial score (nSPS) is 11.8. The third-order valence-electron chi connectivity index (χ3n) is 3.82. The van der Waals surface area contributed by atoms with Crippen molar-refractivity contribution in [3.63, 3.8) is 0 Å². The summed E-state index contributed by atoms with van der Waals surface area (Å²) in [4.78, 5) is 7.22. The van der Waals surface area contributed by atoms with Crippen LogP contribution in [0.15, 0.2) is 62.8 Å². The molecule has 0 amide bonds. The SMILES string of the molecule is Cc1ccc(S(=O)(=O)Oc2nc(N)c(Br)c(OS(=O)(=O)c3ccc(C)cc3)n2)cc1. The number of nitrogens with two attached hydrogens (primary N) is 1. The molecule has 30 heavy (non-hydrogen) atoms. The largest absolute Gasteiger partial charge is 0.382 e. The second kappa shape index (κ2) is 8.20. The van der Waals surface area contributed by atoms with Crippen LogP contribution in [0.1, 0.15) is 11.1 Å². The van der Waals surface area contributed by atoms with E-state index in [1.54, 1.807) is 38.1 Å². The molecule has 2 aromatic carbocycles. The molecule has 0 fully saturated rings. The predicted molar refractivity (Wildman–Crippen MR) is 112 cm³/mol. The molecule has 0 radical (unpaired) electrons. The van der Waals surface area contributed by atoms with Crippen LogP contribution in [0.4, 0.5) is 5.82 Å². The zero-order chi connectivity index (χ0) is 22.1. The number of aromatic nitrogens is 2. The van der Waals surface area contributed by atoms with E-state index in [4.69, 9.17) is 14.1 Å². The van der Waals surface area contributed by atoms with Gasteiger partial charge in [0.15, 0.2) is 0 Å². The number of hydrogen-bond donors (Lipinski definition) is 1. The Kier molecular flexibility index (Phi) is 6.01. The smallest absolute Gasteiger partial charge is 0.341 e. The first-order chi connectivity index (χ1) is 14.0. The first kappa shape index (κ1) is 22.0. The van der Waals surface area contributed by atoms with Crippen molar-refractivity contribution in [1.29, 1.82) is 0 Å². The van der Waals surface area contributed by atoms with Gasteiger partial charge in [0.2, 0.25) is 0 Å². The van der Waals surface area contributed by atoms with E-state index in [0.717, 1.165) is 11.1 Å². The zero-order valence-corrected chi connectivity index (χ0v) is 19.0. The Labute approximate surface area is 182 Å². The summed E-state index contributed by atoms with van der Waals surface area (Å²) in [7, 11) is -8.55. The Hall–Kier alpha value is -2.70. The van der Waals surface area contributed by atoms with Gasteiger partial charge in [-0.3, -0.25) is 0 Å². The van der Waals surface area contributed by atoms with Crippen LogP contribution in [0.5, 0.6) is 11.9 Å². The second-order valence-corrected chi connectivity index (χ2v) is 10.1. The van der Waals surface area contributed by atoms with Crippen LogP contribution in [-0.4, -0.2) is 26.8 Å². The number of benzene rings is 2. The molecule has 1 heterocycles. The maximum absolute atomic E-state index is 12.5. The fourth-order valence-corrected chi connectivity index (χ4v) is 4.32. The van der Waals surface area contributed by atoms with Gasteiger partial charge >= 0.3 is 26.2 Å². The Morgan fingerprint density at radius 3 is 1.67 bits per heavy atom. The van der Waals surface area contributed by atoms with Gasteiger partial charge in [0, 0.05) is 0 Å². The molecule has 12 heteroatoms. The molecule has 0 aliphatic rings. The summed E-state index contributed by atoms with van der Waals surface area (Å²) in [5.41, 5.74) is 7.44. The van der Waals surface area contributed by atoms with Crippen molar-refractivity contribution in [2.45, 2.75) is 23.6 Å². The molecular weight excluding hydrogens is 498 g/mol. The number of nitrogens with zero attached hydrogens (tertiary/aromatic N) is 2. The molecule has 9 nitrogen and oxygen atoms in total. The Bertz CT molecular complexity index is 1290. The highest BCUT2D eigenvalue weighted by molar-refractivity contribution is 9.10. The predicted octanol–water partition coefficient (Wildman–Crippen LogP) is 2.97. The Morgan fingerprint density at radius 1 is 0.767 bits per heavy atom. The van der Waals surface area contributed by atoms with Crippen molar-refractivity contribution in [1.82, 2.24) is 9.97 Å². The summed E-state index contributed by atoms with van der Waals surface area (Å²) in [6.07, 6.45) is 0. The molecule has 0 spiro atoms. The first-order valence-electron chi connectivity index (χ1n) is 8.33. The lowest BCUT2D eigenvalue weighted by atomic mass is 10.2. The summed E-state index contributed by atoms with van der Waals surface area (Å²) in [6, 6.07) is 11.1. The van der Waals surface area contributed by atoms with Gasteiger partial charge in [-0.15, -0.1) is 0 Å². The summed E-state index contributed by atoms with van der Waals surface area (Å²) in [5, 5.41) is 0. The quantitative estimate of drug-likeness (QED) is 0.492. The number of nitrogen functional groups attached to an aromatic ring is 1. The van der Waals surface area contributed by atoms with Crippen molar-refractivity contribution in [2.24, 2.45) is 0 Å². The van der Waals surface area contributed by atoms with Crippen LogP contribution in [0, 0.1) is 13.8 Å². The van der Waals surface area contributed by atoms with Crippen molar-refractivity contribution in [2.75, 3.05) is 5.73 Å². The van der Waals surface area contributed by atoms with Crippen LogP contribution in [-0.2, 0) is 20.2 Å². The summed E-state index contributed by atoms with van der Waals surface area (Å²) < 4.78 is 59.8. The van der Waals surface area contributed by atoms with E-state index < -0.39 is 32.1 Å². The van der Waals surface area contributed by atoms with Crippen molar-refractivity contribution < 1.29 is 25.2 Å². The van der Waals surface area contributed by atoms with E-state index in [0.29, 0.717) is 0 Å². The van der Waals surface area contributed by atoms with Gasteiger partial charge in [0.1, 0.15) is 20.1 Å². The van der Waals surface area contributed by atoms with Crippen LogP contribution in [0.2, 0.25) is 0 Å². The monoisotopic (exact) mass is 513 g/mol. The van der Waals surface area contributed by atoms with Crippen molar-refractivity contribution in [3.8, 4) is 11.9 Å². The molecule has 0 unspecified atom stereocenters. The summed E-state index contributed by atoms with van der Waals surface area (Å²) >= 11 is 3.04. The molecule has 0 saturated carbocycles. The third kappa shape index (κ3) is 4.89. The maximum atomic E-state index is 12.5. The van der Waals surface area contributed by atoms with E-state index >= 15 is 0 Å². The van der Waals surface area contributed by atoms with Gasteiger partial charge in [0.05, 0.1) is 0 Å². The maximum Gasteiger partial charge on any atom is 0.341 e. The fourth-order valence-electron chi connectivity index (χ4n) is 2.22. The van der Waals surface area contributed by atoms with Crippen molar-refractivity contribution >= 4 is 42.0 Å². The van der Waals surface area contributed by atoms with Crippen molar-refractivity contribution in [3.05, 3.63) is 64.1 Å². The van der Waals surface area contributed by atoms with Gasteiger partial charge in [-0.05, 0) is 54.0 Å². The molecule has 0 atom stereocenters. The summed E-state index contributed by atoms with van der Waals surface area (Å²) in [6.45, 7) is 3.60. The van der Waals surface area contributed by atoms with Gasteiger partial charge in [-0.1, -0.05) is 35.4 Å². The minimum Gasteiger partial charge on any atom is -0.382 e. The lowest BCUT2D eigenvalue weighted by molar-refractivity contribution is 0.445.